The number of rotatable bonds is 6. The zero-order valence-electron chi connectivity index (χ0n) is 11.1. The van der Waals surface area contributed by atoms with E-state index in [2.05, 4.69) is 5.32 Å². The lowest BCUT2D eigenvalue weighted by molar-refractivity contribution is -0.154. The van der Waals surface area contributed by atoms with Gasteiger partial charge in [0, 0.05) is 6.04 Å². The second kappa shape index (κ2) is 6.36. The number of amides is 1. The summed E-state index contributed by atoms with van der Waals surface area (Å²) in [4.78, 5) is 23.0. The van der Waals surface area contributed by atoms with Gasteiger partial charge in [-0.1, -0.05) is 0 Å². The Bertz CT molecular complexity index is 484. The maximum Gasteiger partial charge on any atom is 0.347 e. The Kier molecular flexibility index (Phi) is 4.55. The van der Waals surface area contributed by atoms with Crippen molar-refractivity contribution in [2.45, 2.75) is 31.9 Å². The highest BCUT2D eigenvalue weighted by Crippen LogP contribution is 2.18. The summed E-state index contributed by atoms with van der Waals surface area (Å²) >= 11 is 0. The van der Waals surface area contributed by atoms with E-state index >= 15 is 0 Å². The lowest BCUT2D eigenvalue weighted by Crippen LogP contribution is -2.33. The molecule has 0 radical (unpaired) electrons. The van der Waals surface area contributed by atoms with Crippen molar-refractivity contribution < 1.29 is 23.5 Å². The first-order valence-corrected chi connectivity index (χ1v) is 6.43. The highest BCUT2D eigenvalue weighted by Gasteiger charge is 2.24. The molecule has 5 nitrogen and oxygen atoms in total. The largest absolute Gasteiger partial charge is 0.479 e. The second-order valence-corrected chi connectivity index (χ2v) is 4.66. The van der Waals surface area contributed by atoms with Gasteiger partial charge in [0.05, 0.1) is 0 Å². The minimum absolute atomic E-state index is 0.231. The molecule has 1 amide bonds. The molecule has 0 spiro atoms. The van der Waals surface area contributed by atoms with Crippen molar-refractivity contribution in [2.75, 3.05) is 6.61 Å². The molecule has 1 N–H and O–H groups in total. The minimum atomic E-state index is -0.866. The fourth-order valence-electron chi connectivity index (χ4n) is 1.52. The molecular formula is C14H16FNO4. The number of nitrogens with one attached hydrogen (secondary N) is 1. The monoisotopic (exact) mass is 281 g/mol. The van der Waals surface area contributed by atoms with Crippen LogP contribution in [0, 0.1) is 5.82 Å². The zero-order chi connectivity index (χ0) is 14.5. The van der Waals surface area contributed by atoms with E-state index in [9.17, 15) is 14.0 Å². The number of carbonyl (C=O) groups excluding carboxylic acids is 2. The van der Waals surface area contributed by atoms with Crippen molar-refractivity contribution in [1.82, 2.24) is 5.32 Å². The highest BCUT2D eigenvalue weighted by molar-refractivity contribution is 5.82. The molecule has 1 aromatic rings. The molecule has 1 aliphatic rings. The number of hydrogen-bond donors (Lipinski definition) is 1. The van der Waals surface area contributed by atoms with Crippen LogP contribution in [-0.2, 0) is 14.3 Å². The van der Waals surface area contributed by atoms with Crippen LogP contribution in [0.25, 0.3) is 0 Å². The minimum Gasteiger partial charge on any atom is -0.479 e. The van der Waals surface area contributed by atoms with Gasteiger partial charge in [0.2, 0.25) is 0 Å². The Balaban J connectivity index is 1.73. The van der Waals surface area contributed by atoms with Crippen LogP contribution in [0.5, 0.6) is 5.75 Å². The number of ether oxygens (including phenoxy) is 2. The van der Waals surface area contributed by atoms with Crippen LogP contribution in [-0.4, -0.2) is 30.6 Å². The van der Waals surface area contributed by atoms with E-state index in [-0.39, 0.29) is 24.4 Å². The third-order valence-electron chi connectivity index (χ3n) is 2.75. The molecule has 20 heavy (non-hydrogen) atoms. The second-order valence-electron chi connectivity index (χ2n) is 4.66. The summed E-state index contributed by atoms with van der Waals surface area (Å²) in [5, 5.41) is 2.71. The average molecular weight is 281 g/mol. The summed E-state index contributed by atoms with van der Waals surface area (Å²) in [6, 6.07) is 5.53. The number of hydrogen-bond acceptors (Lipinski definition) is 4. The van der Waals surface area contributed by atoms with Gasteiger partial charge in [0.15, 0.2) is 12.7 Å². The van der Waals surface area contributed by atoms with Crippen molar-refractivity contribution >= 4 is 11.9 Å². The maximum atomic E-state index is 12.7. The molecule has 0 aromatic heterocycles. The molecule has 1 aromatic carbocycles. The van der Waals surface area contributed by atoms with Crippen molar-refractivity contribution in [3.8, 4) is 5.75 Å². The molecular weight excluding hydrogens is 265 g/mol. The van der Waals surface area contributed by atoms with Gasteiger partial charge < -0.3 is 14.8 Å². The Labute approximate surface area is 116 Å². The van der Waals surface area contributed by atoms with Crippen LogP contribution in [0.3, 0.4) is 0 Å². The fraction of sp³-hybridized carbons (Fsp3) is 0.429. The average Bonchev–Trinajstić information content (AvgIpc) is 3.22. The van der Waals surface area contributed by atoms with Gasteiger partial charge in [-0.05, 0) is 44.0 Å². The third-order valence-corrected chi connectivity index (χ3v) is 2.75. The molecule has 6 heteroatoms. The third kappa shape index (κ3) is 4.53. The highest BCUT2D eigenvalue weighted by atomic mass is 19.1. The fourth-order valence-corrected chi connectivity index (χ4v) is 1.52. The van der Waals surface area contributed by atoms with Gasteiger partial charge in [-0.25, -0.2) is 9.18 Å². The smallest absolute Gasteiger partial charge is 0.347 e. The molecule has 2 rings (SSSR count). The van der Waals surface area contributed by atoms with Gasteiger partial charge in [-0.15, -0.1) is 0 Å². The van der Waals surface area contributed by atoms with Crippen LogP contribution in [0.4, 0.5) is 4.39 Å². The van der Waals surface area contributed by atoms with Crippen molar-refractivity contribution in [2.24, 2.45) is 0 Å². The molecule has 0 unspecified atom stereocenters. The van der Waals surface area contributed by atoms with Crippen LogP contribution < -0.4 is 10.1 Å². The summed E-state index contributed by atoms with van der Waals surface area (Å²) in [6.45, 7) is 1.19. The van der Waals surface area contributed by atoms with E-state index < -0.39 is 12.1 Å². The van der Waals surface area contributed by atoms with Gasteiger partial charge in [-0.2, -0.15) is 0 Å². The molecule has 1 saturated carbocycles. The van der Waals surface area contributed by atoms with Gasteiger partial charge in [0.1, 0.15) is 11.6 Å². The van der Waals surface area contributed by atoms with Crippen LogP contribution in [0.15, 0.2) is 24.3 Å². The molecule has 0 saturated heterocycles. The lowest BCUT2D eigenvalue weighted by Gasteiger charge is -2.13. The predicted octanol–water partition coefficient (Wildman–Crippen LogP) is 1.41. The number of benzene rings is 1. The normalized spacial score (nSPS) is 15.3. The van der Waals surface area contributed by atoms with E-state index in [1.54, 1.807) is 0 Å². The molecule has 0 bridgehead atoms. The summed E-state index contributed by atoms with van der Waals surface area (Å²) in [5.74, 6) is -0.974. The van der Waals surface area contributed by atoms with E-state index in [0.29, 0.717) is 5.75 Å². The zero-order valence-corrected chi connectivity index (χ0v) is 11.1. The van der Waals surface area contributed by atoms with E-state index in [0.717, 1.165) is 12.8 Å². The first-order chi connectivity index (χ1) is 9.54. The van der Waals surface area contributed by atoms with Crippen LogP contribution >= 0.6 is 0 Å². The SMILES string of the molecule is C[C@@H](Oc1ccc(F)cc1)C(=O)OCC(=O)NC1CC1. The van der Waals surface area contributed by atoms with Crippen LogP contribution in [0.1, 0.15) is 19.8 Å². The summed E-state index contributed by atoms with van der Waals surface area (Å²) < 4.78 is 22.8. The molecule has 1 aliphatic carbocycles. The van der Waals surface area contributed by atoms with E-state index in [1.807, 2.05) is 0 Å². The Morgan fingerprint density at radius 2 is 2.00 bits per heavy atom. The molecule has 0 aliphatic heterocycles. The molecule has 1 atom stereocenters. The topological polar surface area (TPSA) is 64.6 Å². The molecule has 108 valence electrons. The molecule has 0 heterocycles. The number of halogens is 1. The Morgan fingerprint density at radius 3 is 2.60 bits per heavy atom. The quantitative estimate of drug-likeness (QED) is 0.801. The van der Waals surface area contributed by atoms with Gasteiger partial charge in [0.25, 0.3) is 5.91 Å². The lowest BCUT2D eigenvalue weighted by atomic mass is 10.3. The first-order valence-electron chi connectivity index (χ1n) is 6.43. The number of esters is 1. The predicted molar refractivity (Wildman–Crippen MR) is 68.6 cm³/mol. The van der Waals surface area contributed by atoms with Crippen molar-refractivity contribution in [3.63, 3.8) is 0 Å². The maximum absolute atomic E-state index is 12.7. The summed E-state index contributed by atoms with van der Waals surface area (Å²) in [6.07, 6.45) is 1.09. The van der Waals surface area contributed by atoms with Crippen molar-refractivity contribution in [3.05, 3.63) is 30.1 Å². The Morgan fingerprint density at radius 1 is 1.35 bits per heavy atom. The molecule has 1 fully saturated rings. The van der Waals surface area contributed by atoms with E-state index in [4.69, 9.17) is 9.47 Å². The standard InChI is InChI=1S/C14H16FNO4/c1-9(20-12-6-2-10(15)3-7-12)14(18)19-8-13(17)16-11-4-5-11/h2-3,6-7,9,11H,4-5,8H2,1H3,(H,16,17)/t9-/m1/s1. The summed E-state index contributed by atoms with van der Waals surface area (Å²) in [7, 11) is 0. The van der Waals surface area contributed by atoms with Gasteiger partial charge in [-0.3, -0.25) is 4.79 Å². The first kappa shape index (κ1) is 14.3. The van der Waals surface area contributed by atoms with E-state index in [1.165, 1.54) is 31.2 Å². The van der Waals surface area contributed by atoms with Crippen LogP contribution in [0.2, 0.25) is 0 Å². The van der Waals surface area contributed by atoms with Gasteiger partial charge >= 0.3 is 5.97 Å². The Hall–Kier alpha value is -2.11. The summed E-state index contributed by atoms with van der Waals surface area (Å²) in [5.41, 5.74) is 0. The number of carbonyl (C=O) groups is 2. The van der Waals surface area contributed by atoms with Crippen molar-refractivity contribution in [1.29, 1.82) is 0 Å².